The number of rotatable bonds is 9. The standard InChI is InChI=1S/C32H41F/c1-3-10-25-15-17-26(18-16-25)19-20-27-11-8-9-14-29(27)30-21-23-32(22-4-2,24-31(30)33)28-12-6-5-7-13-28/h5-9,11-14,21,23,25-26H,3-4,10,15-20,22,24H2,1-2H3. The largest absolute Gasteiger partial charge is 0.211 e. The first-order chi connectivity index (χ1) is 16.1. The molecule has 2 aliphatic rings. The van der Waals surface area contributed by atoms with Gasteiger partial charge < -0.3 is 0 Å². The van der Waals surface area contributed by atoms with Crippen LogP contribution in [-0.2, 0) is 11.8 Å². The van der Waals surface area contributed by atoms with E-state index in [2.05, 4.69) is 74.5 Å². The van der Waals surface area contributed by atoms with Gasteiger partial charge in [-0.25, -0.2) is 4.39 Å². The SMILES string of the molecule is CCCC1CCC(CCc2ccccc2C2=C(F)CC(CCC)(c3ccccc3)C=C2)CC1. The molecule has 0 bridgehead atoms. The predicted octanol–water partition coefficient (Wildman–Crippen LogP) is 9.60. The molecule has 2 aromatic carbocycles. The van der Waals surface area contributed by atoms with E-state index in [1.165, 1.54) is 56.1 Å². The van der Waals surface area contributed by atoms with E-state index in [0.717, 1.165) is 42.2 Å². The summed E-state index contributed by atoms with van der Waals surface area (Å²) in [6.07, 6.45) is 17.4. The van der Waals surface area contributed by atoms with Crippen LogP contribution in [0.15, 0.2) is 72.6 Å². The Hall–Kier alpha value is -2.15. The highest BCUT2D eigenvalue weighted by atomic mass is 19.1. The Bertz CT molecular complexity index is 945. The summed E-state index contributed by atoms with van der Waals surface area (Å²) in [7, 11) is 0. The third-order valence-electron chi connectivity index (χ3n) is 8.17. The monoisotopic (exact) mass is 444 g/mol. The molecule has 33 heavy (non-hydrogen) atoms. The van der Waals surface area contributed by atoms with Crippen molar-refractivity contribution in [3.8, 4) is 0 Å². The van der Waals surface area contributed by atoms with Crippen LogP contribution in [0, 0.1) is 11.8 Å². The molecule has 0 heterocycles. The zero-order valence-electron chi connectivity index (χ0n) is 20.7. The molecule has 1 fully saturated rings. The Balaban J connectivity index is 1.49. The molecule has 1 unspecified atom stereocenters. The Morgan fingerprint density at radius 1 is 0.818 bits per heavy atom. The maximum absolute atomic E-state index is 15.8. The maximum Gasteiger partial charge on any atom is 0.109 e. The van der Waals surface area contributed by atoms with Gasteiger partial charge in [0.25, 0.3) is 0 Å². The highest BCUT2D eigenvalue weighted by Crippen LogP contribution is 2.44. The van der Waals surface area contributed by atoms with E-state index in [1.807, 2.05) is 6.07 Å². The zero-order valence-corrected chi connectivity index (χ0v) is 20.7. The number of hydrogen-bond acceptors (Lipinski definition) is 0. The first-order valence-electron chi connectivity index (χ1n) is 13.4. The molecule has 0 aliphatic heterocycles. The van der Waals surface area contributed by atoms with E-state index in [4.69, 9.17) is 0 Å². The molecule has 0 saturated heterocycles. The number of allylic oxidation sites excluding steroid dienone is 4. The van der Waals surface area contributed by atoms with Gasteiger partial charge in [0.05, 0.1) is 0 Å². The Morgan fingerprint density at radius 2 is 1.48 bits per heavy atom. The van der Waals surface area contributed by atoms with E-state index in [9.17, 15) is 0 Å². The molecular weight excluding hydrogens is 403 g/mol. The van der Waals surface area contributed by atoms with Crippen molar-refractivity contribution in [2.45, 2.75) is 89.9 Å². The van der Waals surface area contributed by atoms with Crippen LogP contribution in [0.5, 0.6) is 0 Å². The second-order valence-corrected chi connectivity index (χ2v) is 10.5. The molecule has 1 atom stereocenters. The van der Waals surface area contributed by atoms with Crippen LogP contribution < -0.4 is 0 Å². The quantitative estimate of drug-likeness (QED) is 0.361. The molecule has 176 valence electrons. The normalized spacial score (nSPS) is 25.4. The summed E-state index contributed by atoms with van der Waals surface area (Å²) in [5.74, 6) is 1.84. The molecule has 0 aromatic heterocycles. The van der Waals surface area contributed by atoms with Crippen molar-refractivity contribution in [3.05, 3.63) is 89.3 Å². The van der Waals surface area contributed by atoms with Gasteiger partial charge >= 0.3 is 0 Å². The van der Waals surface area contributed by atoms with Crippen LogP contribution >= 0.6 is 0 Å². The number of aryl methyl sites for hydroxylation is 1. The summed E-state index contributed by atoms with van der Waals surface area (Å²) in [5.41, 5.74) is 4.22. The molecule has 2 aliphatic carbocycles. The average molecular weight is 445 g/mol. The topological polar surface area (TPSA) is 0 Å². The second-order valence-electron chi connectivity index (χ2n) is 10.5. The van der Waals surface area contributed by atoms with Crippen molar-refractivity contribution in [1.82, 2.24) is 0 Å². The first-order valence-corrected chi connectivity index (χ1v) is 13.4. The molecule has 0 nitrogen and oxygen atoms in total. The molecule has 0 amide bonds. The minimum Gasteiger partial charge on any atom is -0.211 e. The smallest absolute Gasteiger partial charge is 0.109 e. The number of halogens is 1. The summed E-state index contributed by atoms with van der Waals surface area (Å²) in [6, 6.07) is 19.0. The summed E-state index contributed by atoms with van der Waals surface area (Å²) in [4.78, 5) is 0. The van der Waals surface area contributed by atoms with E-state index in [-0.39, 0.29) is 11.2 Å². The van der Waals surface area contributed by atoms with Crippen molar-refractivity contribution in [2.75, 3.05) is 0 Å². The molecule has 2 aromatic rings. The third kappa shape index (κ3) is 5.68. The molecule has 1 heteroatoms. The van der Waals surface area contributed by atoms with Crippen LogP contribution in [0.1, 0.15) is 94.7 Å². The van der Waals surface area contributed by atoms with Gasteiger partial charge in [-0.2, -0.15) is 0 Å². The van der Waals surface area contributed by atoms with Gasteiger partial charge in [0.2, 0.25) is 0 Å². The third-order valence-corrected chi connectivity index (χ3v) is 8.17. The van der Waals surface area contributed by atoms with Gasteiger partial charge in [-0.05, 0) is 47.8 Å². The summed E-state index contributed by atoms with van der Waals surface area (Å²) in [5, 5.41) is 0. The molecule has 0 N–H and O–H groups in total. The van der Waals surface area contributed by atoms with Crippen molar-refractivity contribution in [2.24, 2.45) is 11.8 Å². The fraction of sp³-hybridized carbons (Fsp3) is 0.500. The Kier molecular flexibility index (Phi) is 8.23. The minimum absolute atomic E-state index is 0.0438. The van der Waals surface area contributed by atoms with Gasteiger partial charge in [-0.3, -0.25) is 0 Å². The van der Waals surface area contributed by atoms with Crippen LogP contribution in [0.3, 0.4) is 0 Å². The van der Waals surface area contributed by atoms with Gasteiger partial charge in [0, 0.05) is 17.4 Å². The van der Waals surface area contributed by atoms with Gasteiger partial charge in [-0.15, -0.1) is 0 Å². The lowest BCUT2D eigenvalue weighted by molar-refractivity contribution is 0.252. The Morgan fingerprint density at radius 3 is 2.15 bits per heavy atom. The lowest BCUT2D eigenvalue weighted by Crippen LogP contribution is -2.26. The van der Waals surface area contributed by atoms with E-state index in [0.29, 0.717) is 6.42 Å². The van der Waals surface area contributed by atoms with E-state index in [1.54, 1.807) is 0 Å². The van der Waals surface area contributed by atoms with Crippen LogP contribution in [-0.4, -0.2) is 0 Å². The minimum atomic E-state index is -0.227. The molecule has 0 radical (unpaired) electrons. The molecule has 1 saturated carbocycles. The van der Waals surface area contributed by atoms with Crippen molar-refractivity contribution in [1.29, 1.82) is 0 Å². The predicted molar refractivity (Wildman–Crippen MR) is 140 cm³/mol. The van der Waals surface area contributed by atoms with E-state index < -0.39 is 0 Å². The Labute approximate surface area is 201 Å². The van der Waals surface area contributed by atoms with Crippen molar-refractivity contribution in [3.63, 3.8) is 0 Å². The van der Waals surface area contributed by atoms with Gasteiger partial charge in [0.15, 0.2) is 0 Å². The van der Waals surface area contributed by atoms with E-state index >= 15 is 4.39 Å². The number of hydrogen-bond donors (Lipinski definition) is 0. The second kappa shape index (κ2) is 11.3. The van der Waals surface area contributed by atoms with Gasteiger partial charge in [-0.1, -0.05) is 126 Å². The number of benzene rings is 2. The average Bonchev–Trinajstić information content (AvgIpc) is 2.85. The highest BCUT2D eigenvalue weighted by Gasteiger charge is 2.34. The van der Waals surface area contributed by atoms with Crippen LogP contribution in [0.25, 0.3) is 5.57 Å². The molecule has 0 spiro atoms. The lowest BCUT2D eigenvalue weighted by atomic mass is 9.70. The summed E-state index contributed by atoms with van der Waals surface area (Å²) in [6.45, 7) is 4.50. The first kappa shape index (κ1) is 24.0. The van der Waals surface area contributed by atoms with Gasteiger partial charge in [0.1, 0.15) is 5.83 Å². The highest BCUT2D eigenvalue weighted by molar-refractivity contribution is 5.79. The van der Waals surface area contributed by atoms with Crippen molar-refractivity contribution >= 4 is 5.57 Å². The molecule has 4 rings (SSSR count). The van der Waals surface area contributed by atoms with Crippen molar-refractivity contribution < 1.29 is 4.39 Å². The molecular formula is C32H41F. The fourth-order valence-electron chi connectivity index (χ4n) is 6.31. The zero-order chi connectivity index (χ0) is 23.1. The van der Waals surface area contributed by atoms with Crippen LogP contribution in [0.2, 0.25) is 0 Å². The summed E-state index contributed by atoms with van der Waals surface area (Å²) >= 11 is 0. The fourth-order valence-corrected chi connectivity index (χ4v) is 6.31. The summed E-state index contributed by atoms with van der Waals surface area (Å²) < 4.78 is 15.8. The lowest BCUT2D eigenvalue weighted by Gasteiger charge is -2.34. The maximum atomic E-state index is 15.8. The van der Waals surface area contributed by atoms with Crippen LogP contribution in [0.4, 0.5) is 4.39 Å².